The molecular formula is C13H16ClNO2. The Hall–Kier alpha value is -1.22. The van der Waals surface area contributed by atoms with Crippen LogP contribution in [0, 0.1) is 0 Å². The van der Waals surface area contributed by atoms with Gasteiger partial charge in [-0.05, 0) is 18.9 Å². The molecule has 2 rings (SSSR count). The lowest BCUT2D eigenvalue weighted by molar-refractivity contribution is 0.130. The van der Waals surface area contributed by atoms with E-state index in [1.165, 1.54) is 0 Å². The van der Waals surface area contributed by atoms with Crippen molar-refractivity contribution in [3.05, 3.63) is 35.9 Å². The third kappa shape index (κ3) is 2.55. The summed E-state index contributed by atoms with van der Waals surface area (Å²) in [6.45, 7) is 2.67. The number of nitrogens with zero attached hydrogens (tertiary/aromatic N) is 1. The molecule has 0 aromatic heterocycles. The van der Waals surface area contributed by atoms with E-state index in [9.17, 15) is 4.79 Å². The predicted octanol–water partition coefficient (Wildman–Crippen LogP) is 3.20. The Morgan fingerprint density at radius 2 is 2.06 bits per heavy atom. The van der Waals surface area contributed by atoms with E-state index >= 15 is 0 Å². The molecule has 0 aliphatic carbocycles. The highest BCUT2D eigenvalue weighted by atomic mass is 35.5. The topological polar surface area (TPSA) is 29.5 Å². The lowest BCUT2D eigenvalue weighted by atomic mass is 10.0. The van der Waals surface area contributed by atoms with Crippen LogP contribution in [0.5, 0.6) is 0 Å². The van der Waals surface area contributed by atoms with E-state index in [-0.39, 0.29) is 18.2 Å². The van der Waals surface area contributed by atoms with Crippen LogP contribution in [0.1, 0.15) is 25.0 Å². The summed E-state index contributed by atoms with van der Waals surface area (Å²) in [5, 5.41) is 0. The molecule has 1 aliphatic heterocycles. The van der Waals surface area contributed by atoms with E-state index in [1.807, 2.05) is 37.3 Å². The van der Waals surface area contributed by atoms with Gasteiger partial charge in [0.05, 0.1) is 6.04 Å². The highest BCUT2D eigenvalue weighted by molar-refractivity contribution is 6.17. The van der Waals surface area contributed by atoms with Crippen LogP contribution in [-0.4, -0.2) is 29.5 Å². The molecule has 0 N–H and O–H groups in total. The van der Waals surface area contributed by atoms with E-state index < -0.39 is 0 Å². The minimum absolute atomic E-state index is 0.0631. The maximum atomic E-state index is 11.7. The summed E-state index contributed by atoms with van der Waals surface area (Å²) in [7, 11) is 0. The van der Waals surface area contributed by atoms with Crippen molar-refractivity contribution in [2.75, 3.05) is 12.4 Å². The second kappa shape index (κ2) is 5.41. The summed E-state index contributed by atoms with van der Waals surface area (Å²) in [5.74, 6) is 0.562. The number of amides is 1. The SMILES string of the molecule is C[C@@H]1[C@H](c2ccccc2)OC(=O)N1CCCCl. The first-order chi connectivity index (χ1) is 8.24. The monoisotopic (exact) mass is 253 g/mol. The molecule has 1 aromatic carbocycles. The van der Waals surface area contributed by atoms with Crippen molar-refractivity contribution in [1.82, 2.24) is 4.90 Å². The predicted molar refractivity (Wildman–Crippen MR) is 67.2 cm³/mol. The Morgan fingerprint density at radius 1 is 1.35 bits per heavy atom. The summed E-state index contributed by atoms with van der Waals surface area (Å²) in [6.07, 6.45) is 0.387. The lowest BCUT2D eigenvalue weighted by Gasteiger charge is -2.20. The average Bonchev–Trinajstić information content (AvgIpc) is 2.64. The largest absolute Gasteiger partial charge is 0.439 e. The van der Waals surface area contributed by atoms with Gasteiger partial charge >= 0.3 is 6.09 Å². The van der Waals surface area contributed by atoms with Gasteiger partial charge in [-0.15, -0.1) is 11.6 Å². The molecule has 1 aliphatic rings. The van der Waals surface area contributed by atoms with Crippen molar-refractivity contribution in [2.45, 2.75) is 25.5 Å². The number of benzene rings is 1. The van der Waals surface area contributed by atoms with Crippen LogP contribution in [0.25, 0.3) is 0 Å². The number of hydrogen-bond acceptors (Lipinski definition) is 2. The van der Waals surface area contributed by atoms with E-state index in [2.05, 4.69) is 0 Å². The summed E-state index contributed by atoms with van der Waals surface area (Å²) >= 11 is 5.65. The first-order valence-corrected chi connectivity index (χ1v) is 6.35. The van der Waals surface area contributed by atoms with Crippen LogP contribution in [0.3, 0.4) is 0 Å². The minimum atomic E-state index is -0.239. The van der Waals surface area contributed by atoms with Gasteiger partial charge in [0.25, 0.3) is 0 Å². The van der Waals surface area contributed by atoms with E-state index in [0.717, 1.165) is 12.0 Å². The smallest absolute Gasteiger partial charge is 0.410 e. The maximum Gasteiger partial charge on any atom is 0.410 e. The number of hydrogen-bond donors (Lipinski definition) is 0. The molecule has 1 aromatic rings. The number of alkyl halides is 1. The number of carbonyl (C=O) groups excluding carboxylic acids is 1. The first kappa shape index (κ1) is 12.2. The Kier molecular flexibility index (Phi) is 3.89. The number of cyclic esters (lactones) is 1. The summed E-state index contributed by atoms with van der Waals surface area (Å²) in [6, 6.07) is 9.90. The van der Waals surface area contributed by atoms with Gasteiger partial charge in [0.15, 0.2) is 0 Å². The molecule has 0 bridgehead atoms. The summed E-state index contributed by atoms with van der Waals surface area (Å²) in [4.78, 5) is 13.5. The van der Waals surface area contributed by atoms with Crippen molar-refractivity contribution < 1.29 is 9.53 Å². The van der Waals surface area contributed by atoms with Crippen molar-refractivity contribution in [3.8, 4) is 0 Å². The van der Waals surface area contributed by atoms with Gasteiger partial charge in [0.1, 0.15) is 6.10 Å². The fraction of sp³-hybridized carbons (Fsp3) is 0.462. The van der Waals surface area contributed by atoms with Crippen LogP contribution < -0.4 is 0 Å². The van der Waals surface area contributed by atoms with Gasteiger partial charge in [-0.3, -0.25) is 0 Å². The number of carbonyl (C=O) groups is 1. The molecular weight excluding hydrogens is 238 g/mol. The van der Waals surface area contributed by atoms with Gasteiger partial charge in [-0.2, -0.15) is 0 Å². The van der Waals surface area contributed by atoms with E-state index in [0.29, 0.717) is 12.4 Å². The highest BCUT2D eigenvalue weighted by Crippen LogP contribution is 2.32. The molecule has 1 saturated heterocycles. The molecule has 1 fully saturated rings. The van der Waals surface area contributed by atoms with Crippen LogP contribution in [0.15, 0.2) is 30.3 Å². The second-order valence-electron chi connectivity index (χ2n) is 4.19. The van der Waals surface area contributed by atoms with E-state index in [4.69, 9.17) is 16.3 Å². The van der Waals surface area contributed by atoms with Crippen molar-refractivity contribution in [3.63, 3.8) is 0 Å². The molecule has 1 heterocycles. The molecule has 92 valence electrons. The number of rotatable bonds is 4. The Balaban J connectivity index is 2.10. The Bertz CT molecular complexity index is 382. The number of ether oxygens (including phenoxy) is 1. The zero-order valence-corrected chi connectivity index (χ0v) is 10.6. The first-order valence-electron chi connectivity index (χ1n) is 5.82. The molecule has 17 heavy (non-hydrogen) atoms. The molecule has 0 saturated carbocycles. The number of halogens is 1. The van der Waals surface area contributed by atoms with Gasteiger partial charge in [0, 0.05) is 12.4 Å². The lowest BCUT2D eigenvalue weighted by Crippen LogP contribution is -2.33. The maximum absolute atomic E-state index is 11.7. The third-order valence-electron chi connectivity index (χ3n) is 3.05. The molecule has 1 amide bonds. The fourth-order valence-electron chi connectivity index (χ4n) is 2.12. The fourth-order valence-corrected chi connectivity index (χ4v) is 2.24. The normalized spacial score (nSPS) is 23.9. The van der Waals surface area contributed by atoms with Crippen LogP contribution >= 0.6 is 11.6 Å². The summed E-state index contributed by atoms with van der Waals surface area (Å²) < 4.78 is 5.41. The van der Waals surface area contributed by atoms with Gasteiger partial charge in [0.2, 0.25) is 0 Å². The van der Waals surface area contributed by atoms with Crippen LogP contribution in [-0.2, 0) is 4.74 Å². The molecule has 0 unspecified atom stereocenters. The zero-order chi connectivity index (χ0) is 12.3. The zero-order valence-electron chi connectivity index (χ0n) is 9.80. The van der Waals surface area contributed by atoms with Gasteiger partial charge in [-0.25, -0.2) is 4.79 Å². The summed E-state index contributed by atoms with van der Waals surface area (Å²) in [5.41, 5.74) is 1.04. The highest BCUT2D eigenvalue weighted by Gasteiger charge is 2.38. The van der Waals surface area contributed by atoms with Crippen molar-refractivity contribution in [2.24, 2.45) is 0 Å². The molecule has 2 atom stereocenters. The minimum Gasteiger partial charge on any atom is -0.439 e. The van der Waals surface area contributed by atoms with Crippen LogP contribution in [0.2, 0.25) is 0 Å². The standard InChI is InChI=1S/C13H16ClNO2/c1-10-12(11-6-3-2-4-7-11)17-13(16)15(10)9-5-8-14/h2-4,6-7,10,12H,5,8-9H2,1H3/t10-,12-/m1/s1. The quantitative estimate of drug-likeness (QED) is 0.772. The van der Waals surface area contributed by atoms with E-state index in [1.54, 1.807) is 4.90 Å². The second-order valence-corrected chi connectivity index (χ2v) is 4.57. The molecule has 0 radical (unpaired) electrons. The third-order valence-corrected chi connectivity index (χ3v) is 3.32. The van der Waals surface area contributed by atoms with Gasteiger partial charge < -0.3 is 9.64 Å². The average molecular weight is 254 g/mol. The molecule has 0 spiro atoms. The Labute approximate surface area is 106 Å². The van der Waals surface area contributed by atoms with Crippen molar-refractivity contribution >= 4 is 17.7 Å². The van der Waals surface area contributed by atoms with Crippen LogP contribution in [0.4, 0.5) is 4.79 Å². The van der Waals surface area contributed by atoms with Crippen molar-refractivity contribution in [1.29, 1.82) is 0 Å². The molecule has 3 nitrogen and oxygen atoms in total. The van der Waals surface area contributed by atoms with Gasteiger partial charge in [-0.1, -0.05) is 30.3 Å². The molecule has 4 heteroatoms. The Morgan fingerprint density at radius 3 is 2.71 bits per heavy atom.